The molecule has 8 heavy (non-hydrogen) atoms. The van der Waals surface area contributed by atoms with E-state index in [-0.39, 0.29) is 12.6 Å². The van der Waals surface area contributed by atoms with E-state index in [1.807, 2.05) is 0 Å². The van der Waals surface area contributed by atoms with Gasteiger partial charge >= 0.3 is 0 Å². The number of hydrogen-bond acceptors (Lipinski definition) is 3. The fourth-order valence-electron chi connectivity index (χ4n) is 0.504. The molecule has 0 saturated carbocycles. The molecule has 3 nitrogen and oxygen atoms in total. The van der Waals surface area contributed by atoms with Gasteiger partial charge in [0.1, 0.15) is 0 Å². The van der Waals surface area contributed by atoms with Gasteiger partial charge in [-0.25, -0.2) is 0 Å². The summed E-state index contributed by atoms with van der Waals surface area (Å²) in [5, 5.41) is 17.0. The van der Waals surface area contributed by atoms with Crippen molar-refractivity contribution in [1.82, 2.24) is 0 Å². The first-order chi connectivity index (χ1) is 3.66. The Kier molecular flexibility index (Phi) is 3.77. The van der Waals surface area contributed by atoms with Crippen molar-refractivity contribution in [2.45, 2.75) is 25.5 Å². The van der Waals surface area contributed by atoms with Crippen LogP contribution in [0.4, 0.5) is 0 Å². The molecule has 0 aromatic rings. The van der Waals surface area contributed by atoms with E-state index >= 15 is 0 Å². The van der Waals surface area contributed by atoms with Crippen LogP contribution in [0.25, 0.3) is 0 Å². The predicted octanol–water partition coefficient (Wildman–Crippen LogP) is -0.923. The van der Waals surface area contributed by atoms with E-state index < -0.39 is 6.10 Å². The lowest BCUT2D eigenvalue weighted by Gasteiger charge is -2.08. The minimum Gasteiger partial charge on any atom is -0.394 e. The summed E-state index contributed by atoms with van der Waals surface area (Å²) in [6.45, 7) is 1.60. The maximum absolute atomic E-state index is 8.70. The second kappa shape index (κ2) is 3.83. The first kappa shape index (κ1) is 7.88. The van der Waals surface area contributed by atoms with Crippen molar-refractivity contribution >= 4 is 0 Å². The van der Waals surface area contributed by atoms with Crippen molar-refractivity contribution < 1.29 is 10.2 Å². The average molecular weight is 119 g/mol. The van der Waals surface area contributed by atoms with Gasteiger partial charge in [0.25, 0.3) is 0 Å². The Labute approximate surface area is 49.1 Å². The highest BCUT2D eigenvalue weighted by Gasteiger charge is 2.03. The third-order valence-electron chi connectivity index (χ3n) is 0.855. The molecule has 3 heteroatoms. The van der Waals surface area contributed by atoms with E-state index in [2.05, 4.69) is 0 Å². The monoisotopic (exact) mass is 119 g/mol. The van der Waals surface area contributed by atoms with Gasteiger partial charge in [-0.3, -0.25) is 0 Å². The SMILES string of the molecule is C[C@@H](N)CC(O)CO. The predicted molar refractivity (Wildman–Crippen MR) is 31.4 cm³/mol. The van der Waals surface area contributed by atoms with Crippen LogP contribution in [-0.2, 0) is 0 Å². The zero-order valence-corrected chi connectivity index (χ0v) is 5.04. The molecule has 0 aromatic carbocycles. The van der Waals surface area contributed by atoms with Gasteiger partial charge in [0.15, 0.2) is 0 Å². The van der Waals surface area contributed by atoms with Gasteiger partial charge in [0, 0.05) is 6.04 Å². The van der Waals surface area contributed by atoms with E-state index in [4.69, 9.17) is 15.9 Å². The molecule has 0 radical (unpaired) electrons. The summed E-state index contributed by atoms with van der Waals surface area (Å²) in [5.74, 6) is 0. The van der Waals surface area contributed by atoms with Crippen LogP contribution in [0.3, 0.4) is 0 Å². The Bertz CT molecular complexity index is 56.4. The van der Waals surface area contributed by atoms with Crippen molar-refractivity contribution in [3.05, 3.63) is 0 Å². The molecule has 1 unspecified atom stereocenters. The molecular formula is C5H13NO2. The fourth-order valence-corrected chi connectivity index (χ4v) is 0.504. The lowest BCUT2D eigenvalue weighted by atomic mass is 10.2. The fraction of sp³-hybridized carbons (Fsp3) is 1.00. The maximum Gasteiger partial charge on any atom is 0.0785 e. The van der Waals surface area contributed by atoms with E-state index in [1.54, 1.807) is 6.92 Å². The molecule has 0 amide bonds. The van der Waals surface area contributed by atoms with E-state index in [1.165, 1.54) is 0 Å². The summed E-state index contributed by atoms with van der Waals surface area (Å²) in [5.41, 5.74) is 5.30. The number of hydrogen-bond donors (Lipinski definition) is 3. The highest BCUT2D eigenvalue weighted by molar-refractivity contribution is 4.60. The molecular weight excluding hydrogens is 106 g/mol. The minimum atomic E-state index is -0.644. The van der Waals surface area contributed by atoms with Gasteiger partial charge in [0.05, 0.1) is 12.7 Å². The lowest BCUT2D eigenvalue weighted by Crippen LogP contribution is -2.24. The highest BCUT2D eigenvalue weighted by atomic mass is 16.3. The van der Waals surface area contributed by atoms with Crippen LogP contribution in [0, 0.1) is 0 Å². The first-order valence-electron chi connectivity index (χ1n) is 2.71. The van der Waals surface area contributed by atoms with Crippen molar-refractivity contribution in [1.29, 1.82) is 0 Å². The van der Waals surface area contributed by atoms with Crippen molar-refractivity contribution in [3.63, 3.8) is 0 Å². The third-order valence-corrected chi connectivity index (χ3v) is 0.855. The zero-order valence-electron chi connectivity index (χ0n) is 5.04. The van der Waals surface area contributed by atoms with Crippen molar-refractivity contribution in [3.8, 4) is 0 Å². The van der Waals surface area contributed by atoms with Crippen molar-refractivity contribution in [2.24, 2.45) is 5.73 Å². The minimum absolute atomic E-state index is 0.0304. The largest absolute Gasteiger partial charge is 0.394 e. The van der Waals surface area contributed by atoms with Crippen LogP contribution in [-0.4, -0.2) is 29.0 Å². The van der Waals surface area contributed by atoms with Gasteiger partial charge in [-0.05, 0) is 13.3 Å². The van der Waals surface area contributed by atoms with Crippen molar-refractivity contribution in [2.75, 3.05) is 6.61 Å². The van der Waals surface area contributed by atoms with E-state index in [0.29, 0.717) is 6.42 Å². The van der Waals surface area contributed by atoms with Crippen LogP contribution < -0.4 is 5.73 Å². The Morgan fingerprint density at radius 2 is 2.12 bits per heavy atom. The lowest BCUT2D eigenvalue weighted by molar-refractivity contribution is 0.0840. The average Bonchev–Trinajstić information content (AvgIpc) is 1.65. The molecule has 0 aliphatic carbocycles. The van der Waals surface area contributed by atoms with Gasteiger partial charge in [-0.15, -0.1) is 0 Å². The molecule has 0 fully saturated rings. The molecule has 0 aromatic heterocycles. The van der Waals surface area contributed by atoms with Gasteiger partial charge in [-0.2, -0.15) is 0 Å². The Morgan fingerprint density at radius 3 is 2.25 bits per heavy atom. The molecule has 2 atom stereocenters. The Hall–Kier alpha value is -0.120. The smallest absolute Gasteiger partial charge is 0.0785 e. The summed E-state index contributed by atoms with van der Waals surface area (Å²) in [6, 6.07) is -0.0304. The second-order valence-corrected chi connectivity index (χ2v) is 2.05. The van der Waals surface area contributed by atoms with Gasteiger partial charge < -0.3 is 15.9 Å². The second-order valence-electron chi connectivity index (χ2n) is 2.05. The van der Waals surface area contributed by atoms with Gasteiger partial charge in [-0.1, -0.05) is 0 Å². The quantitative estimate of drug-likeness (QED) is 0.450. The number of rotatable bonds is 3. The molecule has 0 aliphatic heterocycles. The van der Waals surface area contributed by atoms with Crippen LogP contribution in [0.1, 0.15) is 13.3 Å². The zero-order chi connectivity index (χ0) is 6.57. The summed E-state index contributed by atoms with van der Waals surface area (Å²) in [4.78, 5) is 0. The molecule has 0 rings (SSSR count). The molecule has 0 heterocycles. The summed E-state index contributed by atoms with van der Waals surface area (Å²) < 4.78 is 0. The van der Waals surface area contributed by atoms with Crippen LogP contribution >= 0.6 is 0 Å². The van der Waals surface area contributed by atoms with Crippen LogP contribution in [0.5, 0.6) is 0 Å². The molecule has 0 spiro atoms. The molecule has 0 saturated heterocycles. The standard InChI is InChI=1S/C5H13NO2/c1-4(6)2-5(8)3-7/h4-5,7-8H,2-3,6H2,1H3/t4-,5?/m1/s1. The van der Waals surface area contributed by atoms with E-state index in [9.17, 15) is 0 Å². The first-order valence-corrected chi connectivity index (χ1v) is 2.71. The Balaban J connectivity index is 3.10. The van der Waals surface area contributed by atoms with E-state index in [0.717, 1.165) is 0 Å². The van der Waals surface area contributed by atoms with Gasteiger partial charge in [0.2, 0.25) is 0 Å². The molecule has 50 valence electrons. The normalized spacial score (nSPS) is 18.0. The topological polar surface area (TPSA) is 66.5 Å². The summed E-state index contributed by atoms with van der Waals surface area (Å²) >= 11 is 0. The molecule has 0 aliphatic rings. The summed E-state index contributed by atoms with van der Waals surface area (Å²) in [7, 11) is 0. The highest BCUT2D eigenvalue weighted by Crippen LogP contribution is 1.92. The molecule has 4 N–H and O–H groups in total. The number of aliphatic hydroxyl groups is 2. The number of aliphatic hydroxyl groups excluding tert-OH is 2. The Morgan fingerprint density at radius 1 is 1.62 bits per heavy atom. The maximum atomic E-state index is 8.70. The number of nitrogens with two attached hydrogens (primary N) is 1. The third kappa shape index (κ3) is 4.05. The van der Waals surface area contributed by atoms with Crippen LogP contribution in [0.2, 0.25) is 0 Å². The molecule has 0 bridgehead atoms. The summed E-state index contributed by atoms with van der Waals surface area (Å²) in [6.07, 6.45) is -0.175. The van der Waals surface area contributed by atoms with Crippen LogP contribution in [0.15, 0.2) is 0 Å².